The molecule has 2 amide bonds. The van der Waals surface area contributed by atoms with E-state index in [9.17, 15) is 9.59 Å². The predicted molar refractivity (Wildman–Crippen MR) is 80.0 cm³/mol. The van der Waals surface area contributed by atoms with Crippen molar-refractivity contribution in [3.63, 3.8) is 0 Å². The summed E-state index contributed by atoms with van der Waals surface area (Å²) in [5, 5.41) is 2.66. The average Bonchev–Trinajstić information content (AvgIpc) is 2.82. The van der Waals surface area contributed by atoms with Crippen molar-refractivity contribution in [2.75, 3.05) is 12.4 Å². The summed E-state index contributed by atoms with van der Waals surface area (Å²) in [5.41, 5.74) is 1.13. The van der Waals surface area contributed by atoms with E-state index in [0.29, 0.717) is 17.8 Å². The number of amides is 2. The maximum atomic E-state index is 12.4. The molecule has 0 spiro atoms. The monoisotopic (exact) mass is 286 g/mol. The van der Waals surface area contributed by atoms with Crippen LogP contribution in [-0.2, 0) is 11.3 Å². The average molecular weight is 286 g/mol. The third kappa shape index (κ3) is 3.95. The Hall–Kier alpha value is -2.56. The molecule has 0 saturated heterocycles. The van der Waals surface area contributed by atoms with E-state index in [1.807, 2.05) is 19.1 Å². The Morgan fingerprint density at radius 3 is 2.62 bits per heavy atom. The summed E-state index contributed by atoms with van der Waals surface area (Å²) in [6.07, 6.45) is 0. The molecule has 0 aliphatic heterocycles. The van der Waals surface area contributed by atoms with Gasteiger partial charge in [-0.25, -0.2) is 0 Å². The summed E-state index contributed by atoms with van der Waals surface area (Å²) in [7, 11) is 1.71. The molecule has 2 rings (SSSR count). The standard InChI is InChI=1S/C16H18N2O3/c1-11-7-8-15(21-11)10-18(3)16(20)13-5-4-6-14(9-13)17-12(2)19/h4-9H,10H2,1-3H3,(H,17,19). The van der Waals surface area contributed by atoms with Crippen molar-refractivity contribution in [1.29, 1.82) is 0 Å². The molecule has 0 bridgehead atoms. The zero-order valence-electron chi connectivity index (χ0n) is 12.3. The molecule has 0 fully saturated rings. The van der Waals surface area contributed by atoms with E-state index >= 15 is 0 Å². The first kappa shape index (κ1) is 14.8. The molecule has 0 aliphatic rings. The van der Waals surface area contributed by atoms with Crippen molar-refractivity contribution in [1.82, 2.24) is 4.90 Å². The molecule has 0 aliphatic carbocycles. The van der Waals surface area contributed by atoms with E-state index in [2.05, 4.69) is 5.32 Å². The lowest BCUT2D eigenvalue weighted by molar-refractivity contribution is -0.114. The number of nitrogens with zero attached hydrogens (tertiary/aromatic N) is 1. The largest absolute Gasteiger partial charge is 0.464 e. The first-order valence-electron chi connectivity index (χ1n) is 6.64. The highest BCUT2D eigenvalue weighted by Crippen LogP contribution is 2.14. The Morgan fingerprint density at radius 2 is 2.00 bits per heavy atom. The van der Waals surface area contributed by atoms with Crippen LogP contribution in [0.3, 0.4) is 0 Å². The summed E-state index contributed by atoms with van der Waals surface area (Å²) >= 11 is 0. The van der Waals surface area contributed by atoms with Gasteiger partial charge in [0.05, 0.1) is 6.54 Å². The van der Waals surface area contributed by atoms with E-state index in [1.165, 1.54) is 6.92 Å². The third-order valence-corrected chi connectivity index (χ3v) is 2.97. The third-order valence-electron chi connectivity index (χ3n) is 2.97. The van der Waals surface area contributed by atoms with Crippen molar-refractivity contribution >= 4 is 17.5 Å². The number of nitrogens with one attached hydrogen (secondary N) is 1. The summed E-state index contributed by atoms with van der Waals surface area (Å²) in [5.74, 6) is 1.26. The molecule has 0 unspecified atom stereocenters. The van der Waals surface area contributed by atoms with Crippen molar-refractivity contribution in [2.24, 2.45) is 0 Å². The topological polar surface area (TPSA) is 62.6 Å². The molecule has 0 radical (unpaired) electrons. The van der Waals surface area contributed by atoms with Crippen LogP contribution in [-0.4, -0.2) is 23.8 Å². The normalized spacial score (nSPS) is 10.2. The minimum absolute atomic E-state index is 0.128. The van der Waals surface area contributed by atoms with Gasteiger partial charge in [-0.05, 0) is 37.3 Å². The minimum atomic E-state index is -0.168. The van der Waals surface area contributed by atoms with Crippen molar-refractivity contribution in [2.45, 2.75) is 20.4 Å². The Balaban J connectivity index is 2.09. The molecule has 1 heterocycles. The summed E-state index contributed by atoms with van der Waals surface area (Å²) in [4.78, 5) is 25.0. The quantitative estimate of drug-likeness (QED) is 0.940. The number of rotatable bonds is 4. The second kappa shape index (κ2) is 6.26. The van der Waals surface area contributed by atoms with Gasteiger partial charge in [0, 0.05) is 25.2 Å². The zero-order valence-corrected chi connectivity index (χ0v) is 12.3. The molecule has 1 N–H and O–H groups in total. The maximum Gasteiger partial charge on any atom is 0.254 e. The van der Waals surface area contributed by atoms with Crippen LogP contribution < -0.4 is 5.32 Å². The SMILES string of the molecule is CC(=O)Nc1cccc(C(=O)N(C)Cc2ccc(C)o2)c1. The van der Waals surface area contributed by atoms with Crippen LogP contribution in [0.1, 0.15) is 28.8 Å². The van der Waals surface area contributed by atoms with Gasteiger partial charge >= 0.3 is 0 Å². The van der Waals surface area contributed by atoms with Crippen LogP contribution in [0.5, 0.6) is 0 Å². The molecular weight excluding hydrogens is 268 g/mol. The smallest absolute Gasteiger partial charge is 0.254 e. The van der Waals surface area contributed by atoms with Crippen LogP contribution in [0.25, 0.3) is 0 Å². The van der Waals surface area contributed by atoms with Gasteiger partial charge in [0.15, 0.2) is 0 Å². The lowest BCUT2D eigenvalue weighted by atomic mass is 10.1. The van der Waals surface area contributed by atoms with Crippen LogP contribution in [0, 0.1) is 6.92 Å². The molecule has 5 nitrogen and oxygen atoms in total. The van der Waals surface area contributed by atoms with Crippen LogP contribution >= 0.6 is 0 Å². The molecule has 0 saturated carbocycles. The van der Waals surface area contributed by atoms with Gasteiger partial charge in [-0.3, -0.25) is 9.59 Å². The number of furan rings is 1. The summed E-state index contributed by atoms with van der Waals surface area (Å²) < 4.78 is 5.47. The molecule has 2 aromatic rings. The molecule has 0 atom stereocenters. The number of carbonyl (C=O) groups is 2. The van der Waals surface area contributed by atoms with E-state index in [-0.39, 0.29) is 11.8 Å². The van der Waals surface area contributed by atoms with Gasteiger partial charge in [0.2, 0.25) is 5.91 Å². The first-order valence-corrected chi connectivity index (χ1v) is 6.64. The summed E-state index contributed by atoms with van der Waals surface area (Å²) in [6, 6.07) is 10.6. The fourth-order valence-electron chi connectivity index (χ4n) is 2.03. The van der Waals surface area contributed by atoms with E-state index in [4.69, 9.17) is 4.42 Å². The number of carbonyl (C=O) groups excluding carboxylic acids is 2. The van der Waals surface area contributed by atoms with Gasteiger partial charge in [-0.15, -0.1) is 0 Å². The molecule has 5 heteroatoms. The number of hydrogen-bond donors (Lipinski definition) is 1. The van der Waals surface area contributed by atoms with Crippen molar-refractivity contribution in [3.8, 4) is 0 Å². The molecular formula is C16H18N2O3. The van der Waals surface area contributed by atoms with E-state index < -0.39 is 0 Å². The number of benzene rings is 1. The number of aryl methyl sites for hydroxylation is 1. The van der Waals surface area contributed by atoms with Gasteiger partial charge in [-0.2, -0.15) is 0 Å². The Bertz CT molecular complexity index is 661. The fraction of sp³-hybridized carbons (Fsp3) is 0.250. The Morgan fingerprint density at radius 1 is 1.24 bits per heavy atom. The second-order valence-corrected chi connectivity index (χ2v) is 4.94. The minimum Gasteiger partial charge on any atom is -0.464 e. The van der Waals surface area contributed by atoms with Gasteiger partial charge < -0.3 is 14.6 Å². The van der Waals surface area contributed by atoms with Gasteiger partial charge in [-0.1, -0.05) is 6.07 Å². The van der Waals surface area contributed by atoms with Crippen LogP contribution in [0.15, 0.2) is 40.8 Å². The second-order valence-electron chi connectivity index (χ2n) is 4.94. The molecule has 1 aromatic carbocycles. The highest BCUT2D eigenvalue weighted by atomic mass is 16.3. The number of anilines is 1. The van der Waals surface area contributed by atoms with Gasteiger partial charge in [0.1, 0.15) is 11.5 Å². The van der Waals surface area contributed by atoms with Crippen LogP contribution in [0.2, 0.25) is 0 Å². The zero-order chi connectivity index (χ0) is 15.4. The first-order chi connectivity index (χ1) is 9.95. The summed E-state index contributed by atoms with van der Waals surface area (Å²) in [6.45, 7) is 3.69. The highest BCUT2D eigenvalue weighted by molar-refractivity contribution is 5.96. The predicted octanol–water partition coefficient (Wildman–Crippen LogP) is 2.82. The van der Waals surface area contributed by atoms with Gasteiger partial charge in [0.25, 0.3) is 5.91 Å². The lowest BCUT2D eigenvalue weighted by Crippen LogP contribution is -2.26. The molecule has 110 valence electrons. The molecule has 1 aromatic heterocycles. The van der Waals surface area contributed by atoms with Crippen LogP contribution in [0.4, 0.5) is 5.69 Å². The highest BCUT2D eigenvalue weighted by Gasteiger charge is 2.14. The van der Waals surface area contributed by atoms with Crippen molar-refractivity contribution < 1.29 is 14.0 Å². The number of hydrogen-bond acceptors (Lipinski definition) is 3. The lowest BCUT2D eigenvalue weighted by Gasteiger charge is -2.16. The Kier molecular flexibility index (Phi) is 4.42. The maximum absolute atomic E-state index is 12.4. The van der Waals surface area contributed by atoms with Crippen molar-refractivity contribution in [3.05, 3.63) is 53.5 Å². The van der Waals surface area contributed by atoms with E-state index in [0.717, 1.165) is 11.5 Å². The fourth-order valence-corrected chi connectivity index (χ4v) is 2.03. The Labute approximate surface area is 123 Å². The van der Waals surface area contributed by atoms with E-state index in [1.54, 1.807) is 36.2 Å². The molecule has 21 heavy (non-hydrogen) atoms.